The summed E-state index contributed by atoms with van der Waals surface area (Å²) in [6.07, 6.45) is 8.21. The number of carbonyl (C=O) groups is 1. The van der Waals surface area contributed by atoms with Crippen molar-refractivity contribution in [3.63, 3.8) is 0 Å². The van der Waals surface area contributed by atoms with E-state index in [1.165, 1.54) is 0 Å². The van der Waals surface area contributed by atoms with E-state index in [9.17, 15) is 13.2 Å². The van der Waals surface area contributed by atoms with E-state index in [0.29, 0.717) is 12.5 Å². The molecule has 7 heteroatoms. The van der Waals surface area contributed by atoms with Crippen molar-refractivity contribution in [1.82, 2.24) is 14.9 Å². The van der Waals surface area contributed by atoms with E-state index in [4.69, 9.17) is 0 Å². The third-order valence-electron chi connectivity index (χ3n) is 5.52. The summed E-state index contributed by atoms with van der Waals surface area (Å²) in [5, 5.41) is 4.23. The predicted molar refractivity (Wildman–Crippen MR) is 95.9 cm³/mol. The molecule has 0 aromatic carbocycles. The first kappa shape index (κ1) is 16.6. The maximum Gasteiger partial charge on any atom is 0.224 e. The number of nitrogens with zero attached hydrogens (tertiary/aromatic N) is 2. The maximum atomic E-state index is 12.3. The molecule has 0 radical (unpaired) electrons. The number of carbonyl (C=O) groups excluding carboxylic acids is 1. The Morgan fingerprint density at radius 2 is 1.96 bits per heavy atom. The molecule has 0 spiro atoms. The molecule has 1 amide bonds. The van der Waals surface area contributed by atoms with Crippen molar-refractivity contribution in [3.8, 4) is 0 Å². The van der Waals surface area contributed by atoms with Crippen LogP contribution >= 0.6 is 0 Å². The number of hydrogen-bond acceptors (Lipinski definition) is 4. The molecule has 2 aromatic rings. The third kappa shape index (κ3) is 3.42. The molecule has 1 atom stereocenters. The summed E-state index contributed by atoms with van der Waals surface area (Å²) in [5.41, 5.74) is 1.02. The molecule has 1 aliphatic heterocycles. The van der Waals surface area contributed by atoms with Crippen molar-refractivity contribution >= 4 is 26.8 Å². The number of hydrogen-bond donors (Lipinski definition) is 1. The number of sulfone groups is 1. The van der Waals surface area contributed by atoms with Gasteiger partial charge >= 0.3 is 0 Å². The van der Waals surface area contributed by atoms with E-state index >= 15 is 0 Å². The van der Waals surface area contributed by atoms with Crippen LogP contribution in [0.2, 0.25) is 0 Å². The van der Waals surface area contributed by atoms with Gasteiger partial charge in [0.2, 0.25) is 5.91 Å². The average Bonchev–Trinajstić information content (AvgIpc) is 3.19. The minimum Gasteiger partial charge on any atom is -0.353 e. The van der Waals surface area contributed by atoms with Crippen LogP contribution in [0.4, 0.5) is 0 Å². The molecular weight excluding hydrogens is 338 g/mol. The topological polar surface area (TPSA) is 81.1 Å². The molecule has 1 saturated heterocycles. The second-order valence-electron chi connectivity index (χ2n) is 7.25. The first-order chi connectivity index (χ1) is 12.0. The first-order valence-electron chi connectivity index (χ1n) is 8.94. The lowest BCUT2D eigenvalue weighted by molar-refractivity contribution is -0.125. The highest BCUT2D eigenvalue weighted by Crippen LogP contribution is 2.31. The zero-order valence-electron chi connectivity index (χ0n) is 14.1. The zero-order valence-corrected chi connectivity index (χ0v) is 14.9. The molecule has 3 heterocycles. The molecule has 1 aliphatic carbocycles. The van der Waals surface area contributed by atoms with Gasteiger partial charge in [0, 0.05) is 29.9 Å². The summed E-state index contributed by atoms with van der Waals surface area (Å²) in [4.78, 5) is 16.8. The molecule has 1 saturated carbocycles. The van der Waals surface area contributed by atoms with Gasteiger partial charge in [0.05, 0.1) is 17.4 Å². The van der Waals surface area contributed by atoms with E-state index < -0.39 is 9.84 Å². The van der Waals surface area contributed by atoms with Gasteiger partial charge in [0.25, 0.3) is 0 Å². The van der Waals surface area contributed by atoms with Crippen LogP contribution in [0.25, 0.3) is 11.0 Å². The third-order valence-corrected chi connectivity index (χ3v) is 7.28. The summed E-state index contributed by atoms with van der Waals surface area (Å²) in [7, 11) is -3.01. The van der Waals surface area contributed by atoms with Crippen LogP contribution in [-0.2, 0) is 14.6 Å². The second-order valence-corrected chi connectivity index (χ2v) is 9.48. The smallest absolute Gasteiger partial charge is 0.224 e. The minimum absolute atomic E-state index is 0.00913. The van der Waals surface area contributed by atoms with Crippen LogP contribution in [0.1, 0.15) is 38.1 Å². The highest BCUT2D eigenvalue weighted by Gasteiger charge is 2.34. The van der Waals surface area contributed by atoms with Crippen LogP contribution < -0.4 is 5.32 Å². The van der Waals surface area contributed by atoms with Crippen molar-refractivity contribution in [3.05, 3.63) is 30.6 Å². The Morgan fingerprint density at radius 1 is 1.16 bits per heavy atom. The van der Waals surface area contributed by atoms with E-state index in [-0.39, 0.29) is 29.4 Å². The molecule has 0 bridgehead atoms. The number of nitrogens with one attached hydrogen (secondary N) is 1. The Balaban J connectivity index is 1.35. The lowest BCUT2D eigenvalue weighted by Crippen LogP contribution is -2.41. The normalized spacial score (nSPS) is 28.9. The van der Waals surface area contributed by atoms with Gasteiger partial charge in [-0.15, -0.1) is 0 Å². The van der Waals surface area contributed by atoms with Crippen molar-refractivity contribution in [1.29, 1.82) is 0 Å². The van der Waals surface area contributed by atoms with Gasteiger partial charge in [-0.2, -0.15) is 0 Å². The lowest BCUT2D eigenvalue weighted by atomic mass is 9.90. The summed E-state index contributed by atoms with van der Waals surface area (Å²) in [5.74, 6) is -0.293. The van der Waals surface area contributed by atoms with E-state index in [0.717, 1.165) is 36.7 Å². The largest absolute Gasteiger partial charge is 0.353 e. The molecule has 2 aliphatic rings. The van der Waals surface area contributed by atoms with Crippen molar-refractivity contribution in [2.24, 2.45) is 5.92 Å². The Labute approximate surface area is 147 Å². The summed E-state index contributed by atoms with van der Waals surface area (Å²) in [6, 6.07) is 6.67. The van der Waals surface area contributed by atoms with Gasteiger partial charge in [-0.1, -0.05) is 0 Å². The van der Waals surface area contributed by atoms with Crippen LogP contribution in [0, 0.1) is 5.92 Å². The van der Waals surface area contributed by atoms with Gasteiger partial charge in [-0.3, -0.25) is 4.79 Å². The summed E-state index contributed by atoms with van der Waals surface area (Å²) < 4.78 is 25.3. The highest BCUT2D eigenvalue weighted by molar-refractivity contribution is 7.91. The molecule has 4 rings (SSSR count). The Hall–Kier alpha value is -1.89. The molecule has 2 fully saturated rings. The predicted octanol–water partition coefficient (Wildman–Crippen LogP) is 2.07. The van der Waals surface area contributed by atoms with Crippen LogP contribution in [0.15, 0.2) is 30.6 Å². The van der Waals surface area contributed by atoms with E-state index in [2.05, 4.69) is 33.2 Å². The summed E-state index contributed by atoms with van der Waals surface area (Å²) >= 11 is 0. The van der Waals surface area contributed by atoms with Gasteiger partial charge in [0.15, 0.2) is 9.84 Å². The molecule has 1 unspecified atom stereocenters. The van der Waals surface area contributed by atoms with Crippen molar-refractivity contribution in [2.45, 2.75) is 44.2 Å². The quantitative estimate of drug-likeness (QED) is 0.907. The van der Waals surface area contributed by atoms with Gasteiger partial charge in [-0.05, 0) is 50.3 Å². The molecule has 1 N–H and O–H groups in total. The highest BCUT2D eigenvalue weighted by atomic mass is 32.2. The fourth-order valence-electron chi connectivity index (χ4n) is 4.10. The van der Waals surface area contributed by atoms with Crippen LogP contribution in [0.3, 0.4) is 0 Å². The van der Waals surface area contributed by atoms with Crippen LogP contribution in [0.5, 0.6) is 0 Å². The monoisotopic (exact) mass is 361 g/mol. The Morgan fingerprint density at radius 3 is 2.68 bits per heavy atom. The molecule has 25 heavy (non-hydrogen) atoms. The van der Waals surface area contributed by atoms with Crippen molar-refractivity contribution in [2.75, 3.05) is 11.5 Å². The minimum atomic E-state index is -3.01. The Kier molecular flexibility index (Phi) is 4.27. The number of amides is 1. The molecular formula is C18H23N3O3S. The maximum absolute atomic E-state index is 12.3. The van der Waals surface area contributed by atoms with Gasteiger partial charge in [0.1, 0.15) is 5.65 Å². The van der Waals surface area contributed by atoms with E-state index in [1.807, 2.05) is 12.3 Å². The first-order valence-corrected chi connectivity index (χ1v) is 10.8. The Bertz CT molecular complexity index is 882. The molecule has 2 aromatic heterocycles. The number of pyridine rings is 1. The second kappa shape index (κ2) is 6.44. The zero-order chi connectivity index (χ0) is 17.4. The molecule has 6 nitrogen and oxygen atoms in total. The fraction of sp³-hybridized carbons (Fsp3) is 0.556. The van der Waals surface area contributed by atoms with Gasteiger partial charge < -0.3 is 9.88 Å². The van der Waals surface area contributed by atoms with Gasteiger partial charge in [-0.25, -0.2) is 13.4 Å². The number of aromatic nitrogens is 2. The SMILES string of the molecule is O=C(NC1CCC(n2ccc3cccnc32)CC1)C1CCS(=O)(=O)C1. The van der Waals surface area contributed by atoms with Crippen LogP contribution in [-0.4, -0.2) is 41.4 Å². The fourth-order valence-corrected chi connectivity index (χ4v) is 5.84. The van der Waals surface area contributed by atoms with Crippen molar-refractivity contribution < 1.29 is 13.2 Å². The molecule has 134 valence electrons. The number of rotatable bonds is 3. The lowest BCUT2D eigenvalue weighted by Gasteiger charge is -2.30. The average molecular weight is 361 g/mol. The standard InChI is InChI=1S/C18H23N3O3S/c22-18(14-8-11-25(23,24)12-14)20-15-3-5-16(6-4-15)21-10-7-13-2-1-9-19-17(13)21/h1-2,7,9-10,14-16H,3-6,8,11-12H2,(H,20,22). The number of fused-ring (bicyclic) bond motifs is 1. The van der Waals surface area contributed by atoms with E-state index in [1.54, 1.807) is 0 Å². The summed E-state index contributed by atoms with van der Waals surface area (Å²) in [6.45, 7) is 0.